The molecule has 0 atom stereocenters. The Hall–Kier alpha value is -2.09. The van der Waals surface area contributed by atoms with Gasteiger partial charge in [0.05, 0.1) is 22.7 Å². The molecule has 0 aliphatic heterocycles. The van der Waals surface area contributed by atoms with Crippen LogP contribution < -0.4 is 11.1 Å². The van der Waals surface area contributed by atoms with Crippen molar-refractivity contribution in [3.8, 4) is 6.07 Å². The average molecular weight is 235 g/mol. The maximum atomic E-state index is 13.9. The van der Waals surface area contributed by atoms with Crippen LogP contribution >= 0.6 is 0 Å². The lowest BCUT2D eigenvalue weighted by Crippen LogP contribution is -2.22. The van der Waals surface area contributed by atoms with Crippen LogP contribution in [-0.2, 0) is 5.41 Å². The molecule has 1 amide bonds. The Bertz CT molecular complexity index is 503. The van der Waals surface area contributed by atoms with Gasteiger partial charge in [-0.1, -0.05) is 6.07 Å². The molecule has 1 rings (SSSR count). The second kappa shape index (κ2) is 4.42. The first-order valence-corrected chi connectivity index (χ1v) is 5.07. The molecule has 4 nitrogen and oxygen atoms in total. The predicted molar refractivity (Wildman–Crippen MR) is 62.8 cm³/mol. The molecule has 0 bridgehead atoms. The van der Waals surface area contributed by atoms with Crippen molar-refractivity contribution in [3.63, 3.8) is 0 Å². The highest BCUT2D eigenvalue weighted by Gasteiger charge is 2.26. The van der Waals surface area contributed by atoms with Gasteiger partial charge >= 0.3 is 0 Å². The first-order chi connectivity index (χ1) is 7.85. The van der Waals surface area contributed by atoms with E-state index in [-0.39, 0.29) is 11.3 Å². The number of nitrogen functional groups attached to an aromatic ring is 1. The van der Waals surface area contributed by atoms with Crippen molar-refractivity contribution < 1.29 is 9.18 Å². The summed E-state index contributed by atoms with van der Waals surface area (Å²) in [4.78, 5) is 11.3. The zero-order chi connectivity index (χ0) is 13.2. The molecule has 0 saturated carbocycles. The molecule has 0 fully saturated rings. The lowest BCUT2D eigenvalue weighted by atomic mass is 9.84. The minimum atomic E-state index is -0.897. The Morgan fingerprint density at radius 3 is 2.59 bits per heavy atom. The fourth-order valence-corrected chi connectivity index (χ4v) is 1.51. The minimum Gasteiger partial charge on any atom is -0.396 e. The van der Waals surface area contributed by atoms with Crippen LogP contribution in [0, 0.1) is 17.1 Å². The number of carbonyl (C=O) groups is 1. The minimum absolute atomic E-state index is 0.123. The number of nitrogens with two attached hydrogens (primary N) is 1. The van der Waals surface area contributed by atoms with Gasteiger partial charge in [0.25, 0.3) is 5.91 Å². The van der Waals surface area contributed by atoms with Crippen LogP contribution in [-0.4, -0.2) is 13.0 Å². The Labute approximate surface area is 99.2 Å². The van der Waals surface area contributed by atoms with E-state index >= 15 is 0 Å². The molecule has 0 spiro atoms. The van der Waals surface area contributed by atoms with E-state index in [4.69, 9.17) is 11.0 Å². The van der Waals surface area contributed by atoms with Crippen LogP contribution in [0.2, 0.25) is 0 Å². The van der Waals surface area contributed by atoms with Crippen molar-refractivity contribution in [2.24, 2.45) is 0 Å². The van der Waals surface area contributed by atoms with Gasteiger partial charge in [0.15, 0.2) is 5.82 Å². The lowest BCUT2D eigenvalue weighted by molar-refractivity contribution is 0.0959. The highest BCUT2D eigenvalue weighted by molar-refractivity contribution is 5.95. The Balaban J connectivity index is 3.40. The standard InChI is InChI=1S/C12H14FN3O/c1-12(2,6-14)8-5-4-7(11(17)16-3)9(13)10(8)15/h4-5H,15H2,1-3H3,(H,16,17). The van der Waals surface area contributed by atoms with Gasteiger partial charge in [0, 0.05) is 7.05 Å². The number of nitrogens with zero attached hydrogens (tertiary/aromatic N) is 1. The third-order valence-corrected chi connectivity index (χ3v) is 2.60. The van der Waals surface area contributed by atoms with E-state index in [1.165, 1.54) is 19.2 Å². The number of anilines is 1. The van der Waals surface area contributed by atoms with E-state index in [0.29, 0.717) is 5.56 Å². The Morgan fingerprint density at radius 1 is 1.53 bits per heavy atom. The summed E-state index contributed by atoms with van der Waals surface area (Å²) in [6.07, 6.45) is 0. The molecule has 90 valence electrons. The quantitative estimate of drug-likeness (QED) is 0.763. The van der Waals surface area contributed by atoms with Crippen molar-refractivity contribution in [3.05, 3.63) is 29.1 Å². The van der Waals surface area contributed by atoms with Gasteiger partial charge in [-0.15, -0.1) is 0 Å². The molecule has 17 heavy (non-hydrogen) atoms. The van der Waals surface area contributed by atoms with E-state index in [2.05, 4.69) is 5.32 Å². The Morgan fingerprint density at radius 2 is 2.12 bits per heavy atom. The molecular weight excluding hydrogens is 221 g/mol. The summed E-state index contributed by atoms with van der Waals surface area (Å²) in [5, 5.41) is 11.3. The molecular formula is C12H14FN3O. The smallest absolute Gasteiger partial charge is 0.254 e. The lowest BCUT2D eigenvalue weighted by Gasteiger charge is -2.19. The van der Waals surface area contributed by atoms with E-state index in [1.54, 1.807) is 13.8 Å². The molecule has 0 aliphatic carbocycles. The molecule has 0 radical (unpaired) electrons. The largest absolute Gasteiger partial charge is 0.396 e. The van der Waals surface area contributed by atoms with Crippen LogP contribution in [0.4, 0.5) is 10.1 Å². The number of hydrogen-bond donors (Lipinski definition) is 2. The summed E-state index contributed by atoms with van der Waals surface area (Å²) in [7, 11) is 1.41. The second-order valence-electron chi connectivity index (χ2n) is 4.20. The molecule has 0 unspecified atom stereocenters. The van der Waals surface area contributed by atoms with Crippen LogP contribution in [0.5, 0.6) is 0 Å². The summed E-state index contributed by atoms with van der Waals surface area (Å²) >= 11 is 0. The van der Waals surface area contributed by atoms with E-state index < -0.39 is 17.1 Å². The van der Waals surface area contributed by atoms with Crippen molar-refractivity contribution >= 4 is 11.6 Å². The molecule has 0 saturated heterocycles. The number of nitrogens with one attached hydrogen (secondary N) is 1. The van der Waals surface area contributed by atoms with Crippen LogP contribution in [0.3, 0.4) is 0 Å². The summed E-state index contributed by atoms with van der Waals surface area (Å²) < 4.78 is 13.9. The van der Waals surface area contributed by atoms with Gasteiger partial charge in [-0.3, -0.25) is 4.79 Å². The van der Waals surface area contributed by atoms with Gasteiger partial charge < -0.3 is 11.1 Å². The van der Waals surface area contributed by atoms with Crippen molar-refractivity contribution in [1.29, 1.82) is 5.26 Å². The summed E-state index contributed by atoms with van der Waals surface area (Å²) in [5.74, 6) is -1.33. The summed E-state index contributed by atoms with van der Waals surface area (Å²) in [5.41, 5.74) is 4.84. The van der Waals surface area contributed by atoms with Crippen molar-refractivity contribution in [2.75, 3.05) is 12.8 Å². The van der Waals surface area contributed by atoms with Crippen LogP contribution in [0.1, 0.15) is 29.8 Å². The maximum absolute atomic E-state index is 13.9. The van der Waals surface area contributed by atoms with Gasteiger partial charge in [0.2, 0.25) is 0 Å². The van der Waals surface area contributed by atoms with Crippen LogP contribution in [0.25, 0.3) is 0 Å². The molecule has 1 aromatic rings. The fourth-order valence-electron chi connectivity index (χ4n) is 1.51. The number of amides is 1. The molecule has 1 aromatic carbocycles. The second-order valence-corrected chi connectivity index (χ2v) is 4.20. The first-order valence-electron chi connectivity index (χ1n) is 5.07. The maximum Gasteiger partial charge on any atom is 0.254 e. The van der Waals surface area contributed by atoms with Crippen molar-refractivity contribution in [2.45, 2.75) is 19.3 Å². The number of benzene rings is 1. The van der Waals surface area contributed by atoms with Gasteiger partial charge in [0.1, 0.15) is 0 Å². The monoisotopic (exact) mass is 235 g/mol. The van der Waals surface area contributed by atoms with Crippen molar-refractivity contribution in [1.82, 2.24) is 5.32 Å². The number of hydrogen-bond acceptors (Lipinski definition) is 3. The Kier molecular flexibility index (Phi) is 3.37. The highest BCUT2D eigenvalue weighted by atomic mass is 19.1. The van der Waals surface area contributed by atoms with Gasteiger partial charge in [-0.25, -0.2) is 4.39 Å². The third-order valence-electron chi connectivity index (χ3n) is 2.60. The highest BCUT2D eigenvalue weighted by Crippen LogP contribution is 2.30. The summed E-state index contributed by atoms with van der Waals surface area (Å²) in [6, 6.07) is 4.88. The molecule has 0 aliphatic rings. The number of halogens is 1. The number of carbonyl (C=O) groups excluding carboxylic acids is 1. The number of nitriles is 1. The van der Waals surface area contributed by atoms with E-state index in [0.717, 1.165) is 0 Å². The number of rotatable bonds is 2. The zero-order valence-electron chi connectivity index (χ0n) is 9.97. The topological polar surface area (TPSA) is 78.9 Å². The molecule has 3 N–H and O–H groups in total. The molecule has 0 aromatic heterocycles. The van der Waals surface area contributed by atoms with E-state index in [9.17, 15) is 9.18 Å². The predicted octanol–water partition coefficient (Wildman–Crippen LogP) is 1.57. The average Bonchev–Trinajstić information content (AvgIpc) is 2.31. The van der Waals surface area contributed by atoms with Crippen LogP contribution in [0.15, 0.2) is 12.1 Å². The normalized spacial score (nSPS) is 10.8. The SMILES string of the molecule is CNC(=O)c1ccc(C(C)(C)C#N)c(N)c1F. The fraction of sp³-hybridized carbons (Fsp3) is 0.333. The van der Waals surface area contributed by atoms with E-state index in [1.807, 2.05) is 6.07 Å². The summed E-state index contributed by atoms with van der Waals surface area (Å²) in [6.45, 7) is 3.27. The molecule has 0 heterocycles. The third kappa shape index (κ3) is 2.21. The van der Waals surface area contributed by atoms with Gasteiger partial charge in [-0.05, 0) is 25.5 Å². The van der Waals surface area contributed by atoms with Gasteiger partial charge in [-0.2, -0.15) is 5.26 Å². The zero-order valence-corrected chi connectivity index (χ0v) is 9.97. The molecule has 5 heteroatoms. The first kappa shape index (κ1) is 13.0.